The second-order valence-corrected chi connectivity index (χ2v) is 3.15. The minimum absolute atomic E-state index is 0.202. The topological polar surface area (TPSA) is 68.3 Å². The van der Waals surface area contributed by atoms with Gasteiger partial charge in [0.05, 0.1) is 19.6 Å². The third-order valence-electron chi connectivity index (χ3n) is 1.92. The highest BCUT2D eigenvalue weighted by molar-refractivity contribution is 5.76. The summed E-state index contributed by atoms with van der Waals surface area (Å²) in [6.45, 7) is 0.575. The lowest BCUT2D eigenvalue weighted by atomic mass is 10.3. The Morgan fingerprint density at radius 3 is 2.40 bits per heavy atom. The molecule has 0 spiro atoms. The first kappa shape index (κ1) is 11.4. The number of nitrogens with one attached hydrogen (secondary N) is 1. The number of nitrogens with two attached hydrogens (primary N) is 1. The molecule has 0 bridgehead atoms. The lowest BCUT2D eigenvalue weighted by Crippen LogP contribution is -2.10. The van der Waals surface area contributed by atoms with Crippen LogP contribution < -0.4 is 15.2 Å². The monoisotopic (exact) mass is 208 g/mol. The second-order valence-electron chi connectivity index (χ2n) is 3.15. The van der Waals surface area contributed by atoms with Gasteiger partial charge in [-0.15, -0.1) is 0 Å². The molecule has 4 heteroatoms. The van der Waals surface area contributed by atoms with Crippen LogP contribution in [0.3, 0.4) is 0 Å². The van der Waals surface area contributed by atoms with Crippen LogP contribution in [0.4, 0.5) is 0 Å². The molecule has 1 rings (SSSR count). The highest BCUT2D eigenvalue weighted by atomic mass is 16.5. The molecule has 0 saturated heterocycles. The van der Waals surface area contributed by atoms with E-state index in [9.17, 15) is 0 Å². The van der Waals surface area contributed by atoms with Gasteiger partial charge in [-0.3, -0.25) is 5.41 Å². The van der Waals surface area contributed by atoms with E-state index in [0.29, 0.717) is 13.0 Å². The Balaban J connectivity index is 2.28. The van der Waals surface area contributed by atoms with Crippen LogP contribution in [-0.4, -0.2) is 19.6 Å². The van der Waals surface area contributed by atoms with Gasteiger partial charge in [0.25, 0.3) is 0 Å². The van der Waals surface area contributed by atoms with Gasteiger partial charge in [0.15, 0.2) is 0 Å². The van der Waals surface area contributed by atoms with Crippen LogP contribution in [0.25, 0.3) is 0 Å². The van der Waals surface area contributed by atoms with Crippen molar-refractivity contribution in [3.8, 4) is 11.5 Å². The van der Waals surface area contributed by atoms with E-state index < -0.39 is 0 Å². The summed E-state index contributed by atoms with van der Waals surface area (Å²) in [5.74, 6) is 1.82. The summed E-state index contributed by atoms with van der Waals surface area (Å²) in [6, 6.07) is 7.40. The predicted octanol–water partition coefficient (Wildman–Crippen LogP) is 1.79. The molecule has 0 amide bonds. The SMILES string of the molecule is COc1ccc(OCCCC(=N)N)cc1. The zero-order chi connectivity index (χ0) is 11.1. The molecule has 0 unspecified atom stereocenters. The van der Waals surface area contributed by atoms with E-state index in [0.717, 1.165) is 17.9 Å². The zero-order valence-electron chi connectivity index (χ0n) is 8.82. The third-order valence-corrected chi connectivity index (χ3v) is 1.92. The Bertz CT molecular complexity index is 309. The molecule has 0 radical (unpaired) electrons. The lowest BCUT2D eigenvalue weighted by Gasteiger charge is -2.06. The number of methoxy groups -OCH3 is 1. The lowest BCUT2D eigenvalue weighted by molar-refractivity contribution is 0.312. The summed E-state index contributed by atoms with van der Waals surface area (Å²) in [7, 11) is 1.63. The fourth-order valence-corrected chi connectivity index (χ4v) is 1.12. The summed E-state index contributed by atoms with van der Waals surface area (Å²) < 4.78 is 10.5. The molecule has 0 aliphatic carbocycles. The normalized spacial score (nSPS) is 9.67. The number of hydrogen-bond donors (Lipinski definition) is 2. The number of amidine groups is 1. The first-order valence-electron chi connectivity index (χ1n) is 4.82. The minimum Gasteiger partial charge on any atom is -0.497 e. The Hall–Kier alpha value is -1.71. The van der Waals surface area contributed by atoms with Crippen molar-refractivity contribution in [2.24, 2.45) is 5.73 Å². The van der Waals surface area contributed by atoms with E-state index in [4.69, 9.17) is 20.6 Å². The van der Waals surface area contributed by atoms with Crippen molar-refractivity contribution in [2.75, 3.05) is 13.7 Å². The largest absolute Gasteiger partial charge is 0.497 e. The Kier molecular flexibility index (Phi) is 4.47. The highest BCUT2D eigenvalue weighted by Gasteiger charge is 1.95. The van der Waals surface area contributed by atoms with Crippen molar-refractivity contribution in [3.05, 3.63) is 24.3 Å². The van der Waals surface area contributed by atoms with E-state index in [1.807, 2.05) is 24.3 Å². The van der Waals surface area contributed by atoms with Crippen molar-refractivity contribution in [3.63, 3.8) is 0 Å². The van der Waals surface area contributed by atoms with Crippen molar-refractivity contribution in [1.29, 1.82) is 5.41 Å². The predicted molar refractivity (Wildman–Crippen MR) is 59.6 cm³/mol. The average Bonchev–Trinajstić information content (AvgIpc) is 2.25. The van der Waals surface area contributed by atoms with E-state index in [1.54, 1.807) is 7.11 Å². The summed E-state index contributed by atoms with van der Waals surface area (Å²) in [6.07, 6.45) is 1.34. The van der Waals surface area contributed by atoms with Crippen molar-refractivity contribution >= 4 is 5.84 Å². The molecule has 0 aliphatic heterocycles. The third kappa shape index (κ3) is 4.35. The van der Waals surface area contributed by atoms with Gasteiger partial charge < -0.3 is 15.2 Å². The highest BCUT2D eigenvalue weighted by Crippen LogP contribution is 2.17. The summed E-state index contributed by atoms with van der Waals surface area (Å²) in [5, 5.41) is 7.04. The molecule has 3 N–H and O–H groups in total. The van der Waals surface area contributed by atoms with Crippen molar-refractivity contribution < 1.29 is 9.47 Å². The van der Waals surface area contributed by atoms with Crippen LogP contribution in [0.15, 0.2) is 24.3 Å². The van der Waals surface area contributed by atoms with Crippen LogP contribution in [0.2, 0.25) is 0 Å². The molecule has 0 heterocycles. The van der Waals surface area contributed by atoms with Crippen molar-refractivity contribution in [1.82, 2.24) is 0 Å². The molecule has 1 aromatic carbocycles. The van der Waals surface area contributed by atoms with Crippen LogP contribution in [0.5, 0.6) is 11.5 Å². The fraction of sp³-hybridized carbons (Fsp3) is 0.364. The molecule has 82 valence electrons. The van der Waals surface area contributed by atoms with Gasteiger partial charge in [-0.1, -0.05) is 0 Å². The maximum atomic E-state index is 7.04. The second kappa shape index (κ2) is 5.90. The van der Waals surface area contributed by atoms with E-state index in [2.05, 4.69) is 0 Å². The van der Waals surface area contributed by atoms with Gasteiger partial charge in [-0.05, 0) is 30.7 Å². The van der Waals surface area contributed by atoms with Crippen LogP contribution in [0.1, 0.15) is 12.8 Å². The van der Waals surface area contributed by atoms with E-state index in [1.165, 1.54) is 0 Å². The molecule has 4 nitrogen and oxygen atoms in total. The molecule has 15 heavy (non-hydrogen) atoms. The van der Waals surface area contributed by atoms with Crippen molar-refractivity contribution in [2.45, 2.75) is 12.8 Å². The fourth-order valence-electron chi connectivity index (χ4n) is 1.12. The number of hydrogen-bond acceptors (Lipinski definition) is 3. The summed E-state index contributed by atoms with van der Waals surface area (Å²) in [4.78, 5) is 0. The quantitative estimate of drug-likeness (QED) is 0.425. The van der Waals surface area contributed by atoms with Crippen LogP contribution in [0, 0.1) is 5.41 Å². The number of ether oxygens (including phenoxy) is 2. The van der Waals surface area contributed by atoms with Crippen LogP contribution >= 0.6 is 0 Å². The molecule has 0 aromatic heterocycles. The Morgan fingerprint density at radius 2 is 1.87 bits per heavy atom. The Labute approximate surface area is 89.5 Å². The molecule has 0 aliphatic rings. The van der Waals surface area contributed by atoms with Gasteiger partial charge in [0.1, 0.15) is 11.5 Å². The zero-order valence-corrected chi connectivity index (χ0v) is 8.82. The maximum Gasteiger partial charge on any atom is 0.119 e. The molecule has 0 fully saturated rings. The smallest absolute Gasteiger partial charge is 0.119 e. The first-order chi connectivity index (χ1) is 7.22. The standard InChI is InChI=1S/C11H16N2O2/c1-14-9-4-6-10(7-5-9)15-8-2-3-11(12)13/h4-7H,2-3,8H2,1H3,(H3,12,13). The van der Waals surface area contributed by atoms with Gasteiger partial charge in [0.2, 0.25) is 0 Å². The van der Waals surface area contributed by atoms with Gasteiger partial charge in [-0.2, -0.15) is 0 Å². The summed E-state index contributed by atoms with van der Waals surface area (Å²) >= 11 is 0. The van der Waals surface area contributed by atoms with Gasteiger partial charge >= 0.3 is 0 Å². The van der Waals surface area contributed by atoms with E-state index in [-0.39, 0.29) is 5.84 Å². The Morgan fingerprint density at radius 1 is 1.27 bits per heavy atom. The van der Waals surface area contributed by atoms with E-state index >= 15 is 0 Å². The van der Waals surface area contributed by atoms with Crippen LogP contribution in [-0.2, 0) is 0 Å². The average molecular weight is 208 g/mol. The molecular formula is C11H16N2O2. The van der Waals surface area contributed by atoms with Gasteiger partial charge in [0, 0.05) is 6.42 Å². The maximum absolute atomic E-state index is 7.04. The molecular weight excluding hydrogens is 192 g/mol. The number of rotatable bonds is 6. The minimum atomic E-state index is 0.202. The first-order valence-corrected chi connectivity index (χ1v) is 4.82. The summed E-state index contributed by atoms with van der Waals surface area (Å²) in [5.41, 5.74) is 5.22. The molecule has 1 aromatic rings. The van der Waals surface area contributed by atoms with Gasteiger partial charge in [-0.25, -0.2) is 0 Å². The molecule has 0 saturated carbocycles. The number of benzene rings is 1. The molecule has 0 atom stereocenters.